The maximum atomic E-state index is 10.6. The average molecular weight is 216 g/mol. The minimum absolute atomic E-state index is 0.0790. The van der Waals surface area contributed by atoms with E-state index in [2.05, 4.69) is 10.0 Å². The second-order valence-electron chi connectivity index (χ2n) is 3.27. The van der Waals surface area contributed by atoms with E-state index in [0.29, 0.717) is 5.69 Å². The van der Waals surface area contributed by atoms with E-state index in [-0.39, 0.29) is 6.54 Å². The van der Waals surface area contributed by atoms with Crippen LogP contribution in [0.4, 0.5) is 5.69 Å². The quantitative estimate of drug-likeness (QED) is 0.485. The lowest BCUT2D eigenvalue weighted by molar-refractivity contribution is -0.137. The lowest BCUT2D eigenvalue weighted by Crippen LogP contribution is -2.06. The number of aromatic nitrogens is 1. The fraction of sp³-hybridized carbons (Fsp3) is 0.100. The van der Waals surface area contributed by atoms with Crippen LogP contribution in [0.15, 0.2) is 35.6 Å². The van der Waals surface area contributed by atoms with Gasteiger partial charge in [0.25, 0.3) is 0 Å². The van der Waals surface area contributed by atoms with Crippen LogP contribution < -0.4 is 0 Å². The number of benzene rings is 1. The molecule has 6 nitrogen and oxygen atoms in total. The van der Waals surface area contributed by atoms with E-state index in [9.17, 15) is 4.79 Å². The molecule has 0 unspecified atom stereocenters. The highest BCUT2D eigenvalue weighted by Crippen LogP contribution is 2.22. The molecular weight excluding hydrogens is 208 g/mol. The number of fused-ring (bicyclic) bond motifs is 1. The Kier molecular flexibility index (Phi) is 2.49. The fourth-order valence-corrected chi connectivity index (χ4v) is 1.58. The summed E-state index contributed by atoms with van der Waals surface area (Å²) in [5.41, 5.74) is 9.61. The summed E-state index contributed by atoms with van der Waals surface area (Å²) in [4.78, 5) is 13.3. The Bertz CT molecular complexity index is 596. The molecule has 0 aliphatic rings. The van der Waals surface area contributed by atoms with E-state index < -0.39 is 5.97 Å². The van der Waals surface area contributed by atoms with Crippen molar-refractivity contribution in [3.8, 4) is 0 Å². The third-order valence-electron chi connectivity index (χ3n) is 2.22. The highest BCUT2D eigenvalue weighted by Gasteiger charge is 2.04. The number of carboxylic acids is 1. The number of hydrogen-bond acceptors (Lipinski definition) is 2. The van der Waals surface area contributed by atoms with Crippen LogP contribution >= 0.6 is 0 Å². The zero-order chi connectivity index (χ0) is 11.5. The molecule has 2 aromatic rings. The van der Waals surface area contributed by atoms with E-state index in [4.69, 9.17) is 10.6 Å². The average Bonchev–Trinajstić information content (AvgIpc) is 2.61. The first-order chi connectivity index (χ1) is 7.70. The highest BCUT2D eigenvalue weighted by molar-refractivity contribution is 5.84. The van der Waals surface area contributed by atoms with Crippen LogP contribution in [-0.2, 0) is 11.3 Å². The fourth-order valence-electron chi connectivity index (χ4n) is 1.58. The first-order valence-corrected chi connectivity index (χ1v) is 4.56. The zero-order valence-electron chi connectivity index (χ0n) is 8.24. The predicted molar refractivity (Wildman–Crippen MR) is 58.4 cm³/mol. The van der Waals surface area contributed by atoms with E-state index >= 15 is 0 Å². The van der Waals surface area contributed by atoms with Crippen LogP contribution in [0, 0.1) is 0 Å². The SMILES string of the molecule is [N-]=[N+]=Nc1ccc2c(ccn2CC(=O)O)c1. The monoisotopic (exact) mass is 216 g/mol. The van der Waals surface area contributed by atoms with Crippen molar-refractivity contribution < 1.29 is 9.90 Å². The van der Waals surface area contributed by atoms with Gasteiger partial charge in [-0.05, 0) is 23.7 Å². The van der Waals surface area contributed by atoms with E-state index in [0.717, 1.165) is 10.9 Å². The largest absolute Gasteiger partial charge is 0.480 e. The third kappa shape index (κ3) is 1.82. The standard InChI is InChI=1S/C10H8N4O2/c11-13-12-8-1-2-9-7(5-8)3-4-14(9)6-10(15)16/h1-5H,6H2,(H,15,16). The molecule has 0 saturated heterocycles. The van der Waals surface area contributed by atoms with E-state index in [1.165, 1.54) is 0 Å². The van der Waals surface area contributed by atoms with Gasteiger partial charge >= 0.3 is 5.97 Å². The molecule has 0 radical (unpaired) electrons. The summed E-state index contributed by atoms with van der Waals surface area (Å²) in [7, 11) is 0. The van der Waals surface area contributed by atoms with Gasteiger partial charge in [-0.1, -0.05) is 11.2 Å². The van der Waals surface area contributed by atoms with Gasteiger partial charge in [0, 0.05) is 27.7 Å². The molecule has 0 saturated carbocycles. The molecule has 2 rings (SSSR count). The van der Waals surface area contributed by atoms with Crippen LogP contribution in [0.1, 0.15) is 0 Å². The predicted octanol–water partition coefficient (Wildman–Crippen LogP) is 2.67. The van der Waals surface area contributed by atoms with Crippen LogP contribution in [0.2, 0.25) is 0 Å². The maximum absolute atomic E-state index is 10.6. The van der Waals surface area contributed by atoms with Gasteiger partial charge in [-0.15, -0.1) is 0 Å². The summed E-state index contributed by atoms with van der Waals surface area (Å²) in [6.07, 6.45) is 1.69. The number of carbonyl (C=O) groups is 1. The number of azide groups is 1. The lowest BCUT2D eigenvalue weighted by Gasteiger charge is -2.01. The third-order valence-corrected chi connectivity index (χ3v) is 2.22. The Labute approximate surface area is 90.4 Å². The summed E-state index contributed by atoms with van der Waals surface area (Å²) >= 11 is 0. The molecule has 0 bridgehead atoms. The molecule has 1 aromatic carbocycles. The highest BCUT2D eigenvalue weighted by atomic mass is 16.4. The molecule has 6 heteroatoms. The second-order valence-corrected chi connectivity index (χ2v) is 3.27. The molecular formula is C10H8N4O2. The van der Waals surface area contributed by atoms with Gasteiger partial charge in [-0.2, -0.15) is 0 Å². The molecule has 80 valence electrons. The zero-order valence-corrected chi connectivity index (χ0v) is 8.24. The Hall–Kier alpha value is -2.46. The summed E-state index contributed by atoms with van der Waals surface area (Å²) < 4.78 is 1.62. The minimum atomic E-state index is -0.892. The Balaban J connectivity index is 2.50. The summed E-state index contributed by atoms with van der Waals surface area (Å²) in [5.74, 6) is -0.892. The van der Waals surface area contributed by atoms with Crippen molar-refractivity contribution in [2.24, 2.45) is 5.11 Å². The first-order valence-electron chi connectivity index (χ1n) is 4.56. The van der Waals surface area contributed by atoms with E-state index in [1.807, 2.05) is 0 Å². The topological polar surface area (TPSA) is 91.0 Å². The molecule has 0 fully saturated rings. The first kappa shape index (κ1) is 10.1. The summed E-state index contributed by atoms with van der Waals surface area (Å²) in [5, 5.41) is 13.0. The molecule has 0 spiro atoms. The van der Waals surface area contributed by atoms with Gasteiger partial charge in [0.2, 0.25) is 0 Å². The van der Waals surface area contributed by atoms with Crippen molar-refractivity contribution in [2.45, 2.75) is 6.54 Å². The number of nitrogens with zero attached hydrogens (tertiary/aromatic N) is 4. The number of hydrogen-bond donors (Lipinski definition) is 1. The Morgan fingerprint density at radius 2 is 2.31 bits per heavy atom. The van der Waals surface area contributed by atoms with E-state index in [1.54, 1.807) is 35.0 Å². The molecule has 16 heavy (non-hydrogen) atoms. The minimum Gasteiger partial charge on any atom is -0.480 e. The van der Waals surface area contributed by atoms with Gasteiger partial charge in [-0.3, -0.25) is 4.79 Å². The van der Waals surface area contributed by atoms with Crippen molar-refractivity contribution in [1.82, 2.24) is 4.57 Å². The van der Waals surface area contributed by atoms with Gasteiger partial charge in [0.1, 0.15) is 6.54 Å². The lowest BCUT2D eigenvalue weighted by atomic mass is 10.2. The van der Waals surface area contributed by atoms with Crippen molar-refractivity contribution in [1.29, 1.82) is 0 Å². The maximum Gasteiger partial charge on any atom is 0.323 e. The molecule has 1 N–H and O–H groups in total. The molecule has 0 atom stereocenters. The van der Waals surface area contributed by atoms with Crippen LogP contribution in [0.3, 0.4) is 0 Å². The smallest absolute Gasteiger partial charge is 0.323 e. The molecule has 1 aromatic heterocycles. The van der Waals surface area contributed by atoms with Crippen LogP contribution in [-0.4, -0.2) is 15.6 Å². The number of aliphatic carboxylic acids is 1. The Morgan fingerprint density at radius 1 is 1.50 bits per heavy atom. The Morgan fingerprint density at radius 3 is 3.00 bits per heavy atom. The van der Waals surface area contributed by atoms with Gasteiger partial charge in [-0.25, -0.2) is 0 Å². The second kappa shape index (κ2) is 3.96. The van der Waals surface area contributed by atoms with Gasteiger partial charge in [0.05, 0.1) is 0 Å². The van der Waals surface area contributed by atoms with Crippen molar-refractivity contribution in [2.75, 3.05) is 0 Å². The molecule has 0 aliphatic heterocycles. The molecule has 0 amide bonds. The molecule has 0 aliphatic carbocycles. The normalized spacial score (nSPS) is 10.0. The summed E-state index contributed by atoms with van der Waals surface area (Å²) in [6, 6.07) is 6.89. The van der Waals surface area contributed by atoms with Gasteiger partial charge < -0.3 is 9.67 Å². The van der Waals surface area contributed by atoms with Crippen LogP contribution in [0.5, 0.6) is 0 Å². The van der Waals surface area contributed by atoms with Crippen molar-refractivity contribution in [3.63, 3.8) is 0 Å². The number of carboxylic acid groups (broad SMARTS) is 1. The van der Waals surface area contributed by atoms with Crippen molar-refractivity contribution >= 4 is 22.6 Å². The number of rotatable bonds is 3. The van der Waals surface area contributed by atoms with Gasteiger partial charge in [0.15, 0.2) is 0 Å². The van der Waals surface area contributed by atoms with Crippen LogP contribution in [0.25, 0.3) is 21.3 Å². The summed E-state index contributed by atoms with van der Waals surface area (Å²) in [6.45, 7) is -0.0790. The molecule has 1 heterocycles. The van der Waals surface area contributed by atoms with Crippen molar-refractivity contribution in [3.05, 3.63) is 40.9 Å².